The second-order valence-electron chi connectivity index (χ2n) is 4.56. The number of pyridine rings is 1. The van der Waals surface area contributed by atoms with Gasteiger partial charge in [0.2, 0.25) is 5.91 Å². The number of aromatic nitrogens is 3. The van der Waals surface area contributed by atoms with Crippen LogP contribution in [0.5, 0.6) is 0 Å². The van der Waals surface area contributed by atoms with Gasteiger partial charge in [0, 0.05) is 13.2 Å². The lowest BCUT2D eigenvalue weighted by Gasteiger charge is -2.20. The van der Waals surface area contributed by atoms with Gasteiger partial charge in [0.05, 0.1) is 23.3 Å². The number of anilines is 1. The number of hydrogen-bond donors (Lipinski definition) is 0. The first-order valence-electron chi connectivity index (χ1n) is 6.36. The molecule has 1 amide bonds. The standard InChI is InChI=1S/C13H12ClF3N4OS/c1-8(23-13(15,16)17)12(22)20(2)10-7-21(19-11(10)14)9-4-3-5-18-6-9/h3-8H,1-2H3. The monoisotopic (exact) mass is 364 g/mol. The molecule has 2 heterocycles. The summed E-state index contributed by atoms with van der Waals surface area (Å²) < 4.78 is 38.5. The Hall–Kier alpha value is -1.74. The molecule has 23 heavy (non-hydrogen) atoms. The normalized spacial score (nSPS) is 13.0. The number of halogens is 4. The summed E-state index contributed by atoms with van der Waals surface area (Å²) in [5, 5.41) is 2.75. The van der Waals surface area contributed by atoms with Crippen molar-refractivity contribution in [2.75, 3.05) is 11.9 Å². The molecule has 0 radical (unpaired) electrons. The fourth-order valence-corrected chi connectivity index (χ4v) is 2.75. The second kappa shape index (κ2) is 6.79. The van der Waals surface area contributed by atoms with E-state index in [1.165, 1.54) is 31.0 Å². The Morgan fingerprint density at radius 3 is 2.74 bits per heavy atom. The van der Waals surface area contributed by atoms with Crippen LogP contribution in [0.4, 0.5) is 18.9 Å². The lowest BCUT2D eigenvalue weighted by Crippen LogP contribution is -2.34. The Balaban J connectivity index is 2.21. The zero-order valence-corrected chi connectivity index (χ0v) is 13.7. The highest BCUT2D eigenvalue weighted by molar-refractivity contribution is 8.01. The third-order valence-electron chi connectivity index (χ3n) is 2.91. The average Bonchev–Trinajstić information content (AvgIpc) is 2.87. The minimum Gasteiger partial charge on any atom is -0.310 e. The summed E-state index contributed by atoms with van der Waals surface area (Å²) in [5.41, 5.74) is -3.66. The molecule has 1 atom stereocenters. The van der Waals surface area contributed by atoms with Crippen LogP contribution < -0.4 is 4.90 Å². The van der Waals surface area contributed by atoms with E-state index in [1.54, 1.807) is 18.3 Å². The number of alkyl halides is 3. The summed E-state index contributed by atoms with van der Waals surface area (Å²) >= 11 is 5.62. The molecule has 0 spiro atoms. The summed E-state index contributed by atoms with van der Waals surface area (Å²) in [6, 6.07) is 3.42. The molecular weight excluding hydrogens is 353 g/mol. The van der Waals surface area contributed by atoms with E-state index >= 15 is 0 Å². The third-order valence-corrected chi connectivity index (χ3v) is 4.00. The van der Waals surface area contributed by atoms with E-state index in [1.807, 2.05) is 0 Å². The average molecular weight is 365 g/mol. The first-order chi connectivity index (χ1) is 10.7. The van der Waals surface area contributed by atoms with Crippen molar-refractivity contribution < 1.29 is 18.0 Å². The van der Waals surface area contributed by atoms with E-state index in [2.05, 4.69) is 10.1 Å². The molecule has 0 aromatic carbocycles. The Morgan fingerprint density at radius 1 is 1.48 bits per heavy atom. The van der Waals surface area contributed by atoms with Gasteiger partial charge in [-0.05, 0) is 30.8 Å². The Bertz CT molecular complexity index is 692. The molecule has 0 saturated carbocycles. The molecule has 2 aromatic heterocycles. The van der Waals surface area contributed by atoms with Crippen LogP contribution in [0, 0.1) is 0 Å². The molecule has 0 saturated heterocycles. The molecule has 0 bridgehead atoms. The lowest BCUT2D eigenvalue weighted by molar-refractivity contribution is -0.117. The smallest absolute Gasteiger partial charge is 0.310 e. The number of hydrogen-bond acceptors (Lipinski definition) is 4. The molecule has 1 unspecified atom stereocenters. The molecule has 5 nitrogen and oxygen atoms in total. The highest BCUT2D eigenvalue weighted by Gasteiger charge is 2.35. The van der Waals surface area contributed by atoms with Crippen molar-refractivity contribution in [1.29, 1.82) is 0 Å². The van der Waals surface area contributed by atoms with Gasteiger partial charge >= 0.3 is 5.51 Å². The summed E-state index contributed by atoms with van der Waals surface area (Å²) in [7, 11) is 1.35. The summed E-state index contributed by atoms with van der Waals surface area (Å²) in [6.45, 7) is 1.19. The van der Waals surface area contributed by atoms with E-state index in [0.717, 1.165) is 4.90 Å². The van der Waals surface area contributed by atoms with Crippen molar-refractivity contribution in [2.24, 2.45) is 0 Å². The van der Waals surface area contributed by atoms with Crippen molar-refractivity contribution in [2.45, 2.75) is 17.7 Å². The van der Waals surface area contributed by atoms with Gasteiger partial charge in [-0.2, -0.15) is 18.3 Å². The SMILES string of the molecule is CC(SC(F)(F)F)C(=O)N(C)c1cn(-c2cccnc2)nc1Cl. The molecule has 0 fully saturated rings. The van der Waals surface area contributed by atoms with E-state index in [-0.39, 0.29) is 22.6 Å². The predicted octanol–water partition coefficient (Wildman–Crippen LogP) is 3.53. The third kappa shape index (κ3) is 4.38. The molecule has 0 aliphatic rings. The minimum absolute atomic E-state index is 0.00825. The van der Waals surface area contributed by atoms with E-state index < -0.39 is 16.7 Å². The van der Waals surface area contributed by atoms with Crippen LogP contribution in [-0.2, 0) is 4.79 Å². The van der Waals surface area contributed by atoms with Crippen molar-refractivity contribution in [3.05, 3.63) is 35.9 Å². The zero-order valence-electron chi connectivity index (χ0n) is 12.1. The van der Waals surface area contributed by atoms with E-state index in [4.69, 9.17) is 11.6 Å². The van der Waals surface area contributed by atoms with Gasteiger partial charge < -0.3 is 4.90 Å². The molecule has 2 rings (SSSR count). The van der Waals surface area contributed by atoms with Crippen LogP contribution in [0.3, 0.4) is 0 Å². The summed E-state index contributed by atoms with van der Waals surface area (Å²) in [6.07, 6.45) is 4.58. The summed E-state index contributed by atoms with van der Waals surface area (Å²) in [5.74, 6) is -0.722. The largest absolute Gasteiger partial charge is 0.442 e. The molecule has 0 N–H and O–H groups in total. The van der Waals surface area contributed by atoms with Crippen molar-refractivity contribution in [1.82, 2.24) is 14.8 Å². The van der Waals surface area contributed by atoms with Gasteiger partial charge in [-0.3, -0.25) is 9.78 Å². The quantitative estimate of drug-likeness (QED) is 0.833. The number of thioether (sulfide) groups is 1. The number of carbonyl (C=O) groups excluding carboxylic acids is 1. The molecular formula is C13H12ClF3N4OS. The Kier molecular flexibility index (Phi) is 5.20. The number of amides is 1. The molecule has 0 aliphatic carbocycles. The first-order valence-corrected chi connectivity index (χ1v) is 7.62. The van der Waals surface area contributed by atoms with Crippen LogP contribution >= 0.6 is 23.4 Å². The van der Waals surface area contributed by atoms with Crippen LogP contribution in [-0.4, -0.2) is 38.5 Å². The van der Waals surface area contributed by atoms with Gasteiger partial charge in [-0.25, -0.2) is 4.68 Å². The minimum atomic E-state index is -4.49. The lowest BCUT2D eigenvalue weighted by atomic mass is 10.3. The fourth-order valence-electron chi connectivity index (χ4n) is 1.83. The molecule has 0 aliphatic heterocycles. The van der Waals surface area contributed by atoms with Crippen molar-refractivity contribution in [3.8, 4) is 5.69 Å². The maximum atomic E-state index is 12.4. The van der Waals surface area contributed by atoms with Crippen LogP contribution in [0.2, 0.25) is 5.15 Å². The Morgan fingerprint density at radius 2 is 2.17 bits per heavy atom. The maximum Gasteiger partial charge on any atom is 0.442 e. The first kappa shape index (κ1) is 17.6. The second-order valence-corrected chi connectivity index (χ2v) is 6.33. The topological polar surface area (TPSA) is 51.0 Å². The van der Waals surface area contributed by atoms with E-state index in [0.29, 0.717) is 5.69 Å². The summed E-state index contributed by atoms with van der Waals surface area (Å²) in [4.78, 5) is 17.1. The maximum absolute atomic E-state index is 12.4. The fraction of sp³-hybridized carbons (Fsp3) is 0.308. The molecule has 2 aromatic rings. The molecule has 10 heteroatoms. The van der Waals surface area contributed by atoms with Gasteiger partial charge in [0.15, 0.2) is 5.15 Å². The highest BCUT2D eigenvalue weighted by atomic mass is 35.5. The highest BCUT2D eigenvalue weighted by Crippen LogP contribution is 2.35. The Labute approximate surface area is 139 Å². The van der Waals surface area contributed by atoms with Crippen LogP contribution in [0.25, 0.3) is 5.69 Å². The number of carbonyl (C=O) groups is 1. The van der Waals surface area contributed by atoms with Crippen LogP contribution in [0.15, 0.2) is 30.7 Å². The van der Waals surface area contributed by atoms with E-state index in [9.17, 15) is 18.0 Å². The molecule has 124 valence electrons. The van der Waals surface area contributed by atoms with Gasteiger partial charge in [0.1, 0.15) is 5.69 Å². The predicted molar refractivity (Wildman–Crippen MR) is 82.9 cm³/mol. The van der Waals surface area contributed by atoms with Gasteiger partial charge in [-0.1, -0.05) is 11.6 Å². The van der Waals surface area contributed by atoms with Crippen LogP contribution in [0.1, 0.15) is 6.92 Å². The van der Waals surface area contributed by atoms with Crippen molar-refractivity contribution in [3.63, 3.8) is 0 Å². The number of nitrogens with zero attached hydrogens (tertiary/aromatic N) is 4. The van der Waals surface area contributed by atoms with Gasteiger partial charge in [-0.15, -0.1) is 0 Å². The zero-order chi connectivity index (χ0) is 17.2. The number of rotatable bonds is 4. The van der Waals surface area contributed by atoms with Crippen molar-refractivity contribution >= 4 is 35.0 Å². The van der Waals surface area contributed by atoms with Gasteiger partial charge in [0.25, 0.3) is 0 Å².